The monoisotopic (exact) mass is 737 g/mol. The zero-order valence-electron chi connectivity index (χ0n) is 36.2. The molecule has 0 spiro atoms. The predicted molar refractivity (Wildman–Crippen MR) is 245 cm³/mol. The number of allylic oxidation sites excluding steroid dienone is 6. The normalized spacial score (nSPS) is 14.5. The maximum atomic E-state index is 2.55. The minimum Gasteiger partial charge on any atom is -0.0752 e. The van der Waals surface area contributed by atoms with E-state index in [1.54, 1.807) is 0 Å². The van der Waals surface area contributed by atoms with Crippen LogP contribution in [0.1, 0.15) is 140 Å². The number of hydrogen-bond acceptors (Lipinski definition) is 0. The van der Waals surface area contributed by atoms with Crippen molar-refractivity contribution < 1.29 is 0 Å². The SMILES string of the molecule is CC(C)(C)c1ccc(C(=CC2(C=C(c3ccc(C(C)(C)C)cc3)c3ccc(C(C)(C)C)cc3)C=CC(c3ccccc3)=CC2)c2ccc(C(C)(C)C)cc2)cc1. The summed E-state index contributed by atoms with van der Waals surface area (Å²) >= 11 is 0. The first-order chi connectivity index (χ1) is 26.2. The van der Waals surface area contributed by atoms with Gasteiger partial charge in [-0.2, -0.15) is 0 Å². The van der Waals surface area contributed by atoms with Crippen molar-refractivity contribution in [2.24, 2.45) is 5.41 Å². The molecule has 0 nitrogen and oxygen atoms in total. The first-order valence-corrected chi connectivity index (χ1v) is 20.6. The summed E-state index contributed by atoms with van der Waals surface area (Å²) < 4.78 is 0. The lowest BCUT2D eigenvalue weighted by Crippen LogP contribution is -2.17. The average Bonchev–Trinajstić information content (AvgIpc) is 3.16. The minimum absolute atomic E-state index is 0.0748. The number of benzene rings is 5. The van der Waals surface area contributed by atoms with E-state index in [0.717, 1.165) is 6.42 Å². The van der Waals surface area contributed by atoms with E-state index >= 15 is 0 Å². The van der Waals surface area contributed by atoms with Gasteiger partial charge < -0.3 is 0 Å². The predicted octanol–water partition coefficient (Wildman–Crippen LogP) is 15.5. The van der Waals surface area contributed by atoms with Crippen LogP contribution in [0.25, 0.3) is 16.7 Å². The van der Waals surface area contributed by atoms with Crippen LogP contribution in [0.5, 0.6) is 0 Å². The van der Waals surface area contributed by atoms with Gasteiger partial charge in [0.25, 0.3) is 0 Å². The Kier molecular flexibility index (Phi) is 11.3. The molecule has 0 heteroatoms. The van der Waals surface area contributed by atoms with E-state index in [9.17, 15) is 0 Å². The largest absolute Gasteiger partial charge is 0.0752 e. The molecule has 0 radical (unpaired) electrons. The molecule has 0 fully saturated rings. The van der Waals surface area contributed by atoms with E-state index in [1.807, 2.05) is 0 Å². The van der Waals surface area contributed by atoms with Gasteiger partial charge in [-0.1, -0.05) is 241 Å². The zero-order valence-corrected chi connectivity index (χ0v) is 36.2. The molecule has 0 bridgehead atoms. The highest BCUT2D eigenvalue weighted by molar-refractivity contribution is 5.85. The first-order valence-electron chi connectivity index (χ1n) is 20.6. The Labute approximate surface area is 339 Å². The maximum Gasteiger partial charge on any atom is 0.0298 e. The van der Waals surface area contributed by atoms with Gasteiger partial charge in [0.05, 0.1) is 0 Å². The van der Waals surface area contributed by atoms with E-state index in [2.05, 4.69) is 241 Å². The smallest absolute Gasteiger partial charge is 0.0298 e. The van der Waals surface area contributed by atoms with Crippen molar-refractivity contribution >= 4 is 16.7 Å². The van der Waals surface area contributed by atoms with Gasteiger partial charge in [-0.15, -0.1) is 0 Å². The summed E-state index contributed by atoms with van der Waals surface area (Å²) in [6, 6.07) is 48.0. The van der Waals surface area contributed by atoms with E-state index in [4.69, 9.17) is 0 Å². The van der Waals surface area contributed by atoms with E-state index in [-0.39, 0.29) is 21.7 Å². The van der Waals surface area contributed by atoms with Gasteiger partial charge in [-0.05, 0) is 94.9 Å². The second-order valence-corrected chi connectivity index (χ2v) is 20.1. The molecule has 0 saturated heterocycles. The van der Waals surface area contributed by atoms with E-state index in [1.165, 1.54) is 66.8 Å². The molecule has 0 saturated carbocycles. The molecule has 0 aromatic heterocycles. The first kappa shape index (κ1) is 40.7. The van der Waals surface area contributed by atoms with Crippen molar-refractivity contribution in [2.75, 3.05) is 0 Å². The summed E-state index contributed by atoms with van der Waals surface area (Å²) in [4.78, 5) is 0. The van der Waals surface area contributed by atoms with Gasteiger partial charge in [-0.3, -0.25) is 0 Å². The van der Waals surface area contributed by atoms with Crippen LogP contribution < -0.4 is 0 Å². The van der Waals surface area contributed by atoms with Gasteiger partial charge in [0.15, 0.2) is 0 Å². The zero-order chi connectivity index (χ0) is 40.5. The molecule has 5 aromatic rings. The second-order valence-electron chi connectivity index (χ2n) is 20.1. The highest BCUT2D eigenvalue weighted by Crippen LogP contribution is 2.44. The Morgan fingerprint density at radius 2 is 0.714 bits per heavy atom. The molecule has 0 amide bonds. The summed E-state index contributed by atoms with van der Waals surface area (Å²) in [7, 11) is 0. The Hall–Kier alpha value is -4.94. The van der Waals surface area contributed by atoms with Gasteiger partial charge in [0.1, 0.15) is 0 Å². The number of rotatable bonds is 7. The van der Waals surface area contributed by atoms with Crippen molar-refractivity contribution in [3.8, 4) is 0 Å². The van der Waals surface area contributed by atoms with Crippen LogP contribution in [-0.4, -0.2) is 0 Å². The molecule has 5 aromatic carbocycles. The van der Waals surface area contributed by atoms with Gasteiger partial charge in [-0.25, -0.2) is 0 Å². The van der Waals surface area contributed by atoms with Crippen LogP contribution in [0, 0.1) is 5.41 Å². The topological polar surface area (TPSA) is 0 Å². The molecule has 56 heavy (non-hydrogen) atoms. The van der Waals surface area contributed by atoms with Crippen molar-refractivity contribution in [2.45, 2.75) is 111 Å². The quantitative estimate of drug-likeness (QED) is 0.156. The van der Waals surface area contributed by atoms with Crippen molar-refractivity contribution in [1.29, 1.82) is 0 Å². The van der Waals surface area contributed by atoms with Crippen molar-refractivity contribution in [3.05, 3.63) is 208 Å². The summed E-state index contributed by atoms with van der Waals surface area (Å²) in [6.45, 7) is 27.5. The summed E-state index contributed by atoms with van der Waals surface area (Å²) in [5.41, 5.74) is 15.1. The summed E-state index contributed by atoms with van der Waals surface area (Å²) in [5.74, 6) is 0. The van der Waals surface area contributed by atoms with Gasteiger partial charge >= 0.3 is 0 Å². The number of hydrogen-bond donors (Lipinski definition) is 0. The van der Waals surface area contributed by atoms with Crippen LogP contribution in [0.3, 0.4) is 0 Å². The fourth-order valence-corrected chi connectivity index (χ4v) is 7.57. The Morgan fingerprint density at radius 3 is 0.964 bits per heavy atom. The lowest BCUT2D eigenvalue weighted by molar-refractivity contribution is 0.590. The summed E-state index contributed by atoms with van der Waals surface area (Å²) in [5, 5.41) is 0. The van der Waals surface area contributed by atoms with Crippen LogP contribution in [0.2, 0.25) is 0 Å². The maximum absolute atomic E-state index is 2.55. The summed E-state index contributed by atoms with van der Waals surface area (Å²) in [6.07, 6.45) is 13.2. The Morgan fingerprint density at radius 1 is 0.411 bits per heavy atom. The third kappa shape index (κ3) is 9.53. The highest BCUT2D eigenvalue weighted by atomic mass is 14.3. The molecule has 6 rings (SSSR count). The van der Waals surface area contributed by atoms with Gasteiger partial charge in [0, 0.05) is 5.41 Å². The fourth-order valence-electron chi connectivity index (χ4n) is 7.57. The second kappa shape index (κ2) is 15.5. The van der Waals surface area contributed by atoms with Crippen molar-refractivity contribution in [1.82, 2.24) is 0 Å². The van der Waals surface area contributed by atoms with E-state index in [0.29, 0.717) is 0 Å². The third-order valence-corrected chi connectivity index (χ3v) is 11.4. The molecular formula is C56H64. The van der Waals surface area contributed by atoms with Crippen LogP contribution in [-0.2, 0) is 21.7 Å². The molecule has 0 atom stereocenters. The minimum atomic E-state index is -0.417. The lowest BCUT2D eigenvalue weighted by atomic mass is 9.73. The third-order valence-electron chi connectivity index (χ3n) is 11.4. The van der Waals surface area contributed by atoms with Gasteiger partial charge in [0.2, 0.25) is 0 Å². The standard InChI is InChI=1S/C56H64/c1-52(2,3)46-26-18-42(19-27-46)50(43-20-28-47(29-21-43)53(4,5)6)38-56(36-34-41(35-37-56)40-16-14-13-15-17-40)39-51(44-22-30-48(31-23-44)54(7,8)9)45-24-32-49(33-25-45)55(10,11)12/h13-36,38-39H,37H2,1-12H3. The average molecular weight is 737 g/mol. The fraction of sp³-hybridized carbons (Fsp3) is 0.321. The molecule has 1 aliphatic rings. The molecule has 0 heterocycles. The van der Waals surface area contributed by atoms with Crippen LogP contribution in [0.15, 0.2) is 158 Å². The Bertz CT molecular complexity index is 1970. The van der Waals surface area contributed by atoms with Crippen LogP contribution in [0.4, 0.5) is 0 Å². The van der Waals surface area contributed by atoms with Crippen LogP contribution >= 0.6 is 0 Å². The molecular weight excluding hydrogens is 673 g/mol. The molecule has 1 aliphatic carbocycles. The lowest BCUT2D eigenvalue weighted by Gasteiger charge is -2.30. The molecule has 288 valence electrons. The Balaban J connectivity index is 1.61. The van der Waals surface area contributed by atoms with E-state index < -0.39 is 5.41 Å². The molecule has 0 unspecified atom stereocenters. The highest BCUT2D eigenvalue weighted by Gasteiger charge is 2.28. The van der Waals surface area contributed by atoms with Crippen molar-refractivity contribution in [3.63, 3.8) is 0 Å². The molecule has 0 N–H and O–H groups in total. The molecule has 0 aliphatic heterocycles.